The molecule has 2 rings (SSSR count). The molecule has 2 heterocycles. The smallest absolute Gasteiger partial charge is 0.374 e. The molecule has 1 aromatic heterocycles. The molecule has 0 bridgehead atoms. The topological polar surface area (TPSA) is 75.5 Å². The number of ether oxygens (including phenoxy) is 1. The van der Waals surface area contributed by atoms with Gasteiger partial charge in [-0.05, 0) is 6.07 Å². The lowest BCUT2D eigenvalue weighted by molar-refractivity contribution is 0.0683. The Morgan fingerprint density at radius 2 is 2.20 bits per heavy atom. The minimum atomic E-state index is -1.11. The first kappa shape index (κ1) is 9.85. The average molecular weight is 209 g/mol. The molecule has 1 N–H and O–H groups in total. The number of anilines is 1. The van der Waals surface area contributed by atoms with E-state index in [0.29, 0.717) is 19.0 Å². The van der Waals surface area contributed by atoms with Gasteiger partial charge in [0.05, 0.1) is 13.2 Å². The summed E-state index contributed by atoms with van der Waals surface area (Å²) in [5.74, 6) is -0.630. The van der Waals surface area contributed by atoms with Crippen molar-refractivity contribution in [1.82, 2.24) is 9.97 Å². The average Bonchev–Trinajstić information content (AvgIpc) is 2.30. The fourth-order valence-electron chi connectivity index (χ4n) is 1.42. The van der Waals surface area contributed by atoms with Gasteiger partial charge in [0, 0.05) is 19.3 Å². The number of rotatable bonds is 2. The minimum Gasteiger partial charge on any atom is -0.475 e. The second-order valence-electron chi connectivity index (χ2n) is 3.14. The summed E-state index contributed by atoms with van der Waals surface area (Å²) < 4.78 is 5.20. The van der Waals surface area contributed by atoms with Gasteiger partial charge in [-0.15, -0.1) is 0 Å². The second kappa shape index (κ2) is 4.22. The van der Waals surface area contributed by atoms with Crippen molar-refractivity contribution in [2.45, 2.75) is 0 Å². The number of aromatic carboxylic acids is 1. The van der Waals surface area contributed by atoms with Crippen molar-refractivity contribution in [2.75, 3.05) is 31.2 Å². The van der Waals surface area contributed by atoms with Crippen molar-refractivity contribution in [3.05, 3.63) is 18.1 Å². The van der Waals surface area contributed by atoms with Crippen molar-refractivity contribution < 1.29 is 14.6 Å². The van der Waals surface area contributed by atoms with E-state index in [1.807, 2.05) is 4.90 Å². The van der Waals surface area contributed by atoms with E-state index in [4.69, 9.17) is 9.84 Å². The van der Waals surface area contributed by atoms with Crippen LogP contribution in [0.3, 0.4) is 0 Å². The molecular formula is C9H11N3O3. The highest BCUT2D eigenvalue weighted by Crippen LogP contribution is 2.11. The molecule has 0 radical (unpaired) electrons. The van der Waals surface area contributed by atoms with Gasteiger partial charge in [-0.25, -0.2) is 14.8 Å². The maximum atomic E-state index is 10.7. The van der Waals surface area contributed by atoms with Gasteiger partial charge in [-0.1, -0.05) is 0 Å². The number of carboxylic acids is 1. The standard InChI is InChI=1S/C9H11N3O3/c13-9(14)8-10-2-1-7(11-8)12-3-5-15-6-4-12/h1-2H,3-6H2,(H,13,14). The van der Waals surface area contributed by atoms with E-state index < -0.39 is 5.97 Å². The van der Waals surface area contributed by atoms with Crippen LogP contribution in [0.2, 0.25) is 0 Å². The molecule has 0 aliphatic carbocycles. The van der Waals surface area contributed by atoms with E-state index in [1.165, 1.54) is 6.20 Å². The zero-order valence-electron chi connectivity index (χ0n) is 8.09. The quantitative estimate of drug-likeness (QED) is 0.739. The Hall–Kier alpha value is -1.69. The van der Waals surface area contributed by atoms with Crippen molar-refractivity contribution in [3.63, 3.8) is 0 Å². The molecule has 0 amide bonds. The molecule has 1 aliphatic heterocycles. The normalized spacial score (nSPS) is 16.4. The monoisotopic (exact) mass is 209 g/mol. The maximum absolute atomic E-state index is 10.7. The van der Waals surface area contributed by atoms with Gasteiger partial charge in [0.25, 0.3) is 0 Å². The summed E-state index contributed by atoms with van der Waals surface area (Å²) in [7, 11) is 0. The summed E-state index contributed by atoms with van der Waals surface area (Å²) in [6.07, 6.45) is 1.46. The van der Waals surface area contributed by atoms with Gasteiger partial charge in [-0.3, -0.25) is 0 Å². The molecule has 80 valence electrons. The molecule has 6 nitrogen and oxygen atoms in total. The van der Waals surface area contributed by atoms with Crippen LogP contribution in [0.25, 0.3) is 0 Å². The lowest BCUT2D eigenvalue weighted by atomic mass is 10.4. The molecule has 0 saturated carbocycles. The molecule has 1 aliphatic rings. The molecule has 1 saturated heterocycles. The molecule has 15 heavy (non-hydrogen) atoms. The molecule has 1 aromatic rings. The summed E-state index contributed by atoms with van der Waals surface area (Å²) in [5.41, 5.74) is 0. The third kappa shape index (κ3) is 2.21. The van der Waals surface area contributed by atoms with Crippen LogP contribution < -0.4 is 4.90 Å². The summed E-state index contributed by atoms with van der Waals surface area (Å²) in [6.45, 7) is 2.75. The van der Waals surface area contributed by atoms with Gasteiger partial charge >= 0.3 is 5.97 Å². The summed E-state index contributed by atoms with van der Waals surface area (Å²) in [4.78, 5) is 20.3. The number of carboxylic acid groups (broad SMARTS) is 1. The first-order valence-electron chi connectivity index (χ1n) is 4.66. The molecule has 0 spiro atoms. The van der Waals surface area contributed by atoms with Gasteiger partial charge in [0.15, 0.2) is 0 Å². The fourth-order valence-corrected chi connectivity index (χ4v) is 1.42. The van der Waals surface area contributed by atoms with Crippen LogP contribution in [-0.2, 0) is 4.74 Å². The Morgan fingerprint density at radius 1 is 1.47 bits per heavy atom. The lowest BCUT2D eigenvalue weighted by Gasteiger charge is -2.27. The first-order chi connectivity index (χ1) is 7.27. The van der Waals surface area contributed by atoms with Gasteiger partial charge in [0.1, 0.15) is 5.82 Å². The highest BCUT2D eigenvalue weighted by atomic mass is 16.5. The van der Waals surface area contributed by atoms with E-state index in [-0.39, 0.29) is 5.82 Å². The first-order valence-corrected chi connectivity index (χ1v) is 4.66. The van der Waals surface area contributed by atoms with Crippen LogP contribution in [0.1, 0.15) is 10.6 Å². The third-order valence-electron chi connectivity index (χ3n) is 2.17. The minimum absolute atomic E-state index is 0.168. The van der Waals surface area contributed by atoms with E-state index in [9.17, 15) is 4.79 Å². The third-order valence-corrected chi connectivity index (χ3v) is 2.17. The number of morpholine rings is 1. The lowest BCUT2D eigenvalue weighted by Crippen LogP contribution is -2.37. The molecule has 0 atom stereocenters. The SMILES string of the molecule is O=C(O)c1nccc(N2CCOCC2)n1. The molecule has 0 unspecified atom stereocenters. The van der Waals surface area contributed by atoms with Crippen LogP contribution in [0.5, 0.6) is 0 Å². The van der Waals surface area contributed by atoms with Crippen LogP contribution in [0, 0.1) is 0 Å². The highest BCUT2D eigenvalue weighted by molar-refractivity contribution is 5.83. The Bertz CT molecular complexity index is 363. The van der Waals surface area contributed by atoms with Crippen LogP contribution in [-0.4, -0.2) is 47.3 Å². The van der Waals surface area contributed by atoms with E-state index in [1.54, 1.807) is 6.07 Å². The molecule has 1 fully saturated rings. The largest absolute Gasteiger partial charge is 0.475 e. The number of hydrogen-bond donors (Lipinski definition) is 1. The van der Waals surface area contributed by atoms with E-state index in [2.05, 4.69) is 9.97 Å². The summed E-state index contributed by atoms with van der Waals surface area (Å²) in [6, 6.07) is 1.71. The van der Waals surface area contributed by atoms with E-state index in [0.717, 1.165) is 13.1 Å². The van der Waals surface area contributed by atoms with E-state index >= 15 is 0 Å². The van der Waals surface area contributed by atoms with Crippen LogP contribution >= 0.6 is 0 Å². The number of aromatic nitrogens is 2. The van der Waals surface area contributed by atoms with Crippen LogP contribution in [0.4, 0.5) is 5.82 Å². The predicted octanol–water partition coefficient (Wildman–Crippen LogP) is 0.0114. The predicted molar refractivity (Wildman–Crippen MR) is 52.0 cm³/mol. The van der Waals surface area contributed by atoms with Crippen molar-refractivity contribution in [3.8, 4) is 0 Å². The molecule has 6 heteroatoms. The highest BCUT2D eigenvalue weighted by Gasteiger charge is 2.14. The van der Waals surface area contributed by atoms with Crippen molar-refractivity contribution >= 4 is 11.8 Å². The Labute approximate surface area is 86.5 Å². The number of hydrogen-bond acceptors (Lipinski definition) is 5. The zero-order chi connectivity index (χ0) is 10.7. The Kier molecular flexibility index (Phi) is 2.77. The van der Waals surface area contributed by atoms with Crippen molar-refractivity contribution in [2.24, 2.45) is 0 Å². The van der Waals surface area contributed by atoms with Crippen LogP contribution in [0.15, 0.2) is 12.3 Å². The fraction of sp³-hybridized carbons (Fsp3) is 0.444. The Morgan fingerprint density at radius 3 is 2.87 bits per heavy atom. The molecule has 0 aromatic carbocycles. The van der Waals surface area contributed by atoms with Gasteiger partial charge in [0.2, 0.25) is 5.82 Å². The summed E-state index contributed by atoms with van der Waals surface area (Å²) >= 11 is 0. The number of carbonyl (C=O) groups is 1. The second-order valence-corrected chi connectivity index (χ2v) is 3.14. The molecular weight excluding hydrogens is 198 g/mol. The maximum Gasteiger partial charge on any atom is 0.374 e. The van der Waals surface area contributed by atoms with Crippen molar-refractivity contribution in [1.29, 1.82) is 0 Å². The Balaban J connectivity index is 2.19. The van der Waals surface area contributed by atoms with Gasteiger partial charge < -0.3 is 14.7 Å². The summed E-state index contributed by atoms with van der Waals surface area (Å²) in [5, 5.41) is 8.74. The van der Waals surface area contributed by atoms with Gasteiger partial charge in [-0.2, -0.15) is 0 Å². The zero-order valence-corrected chi connectivity index (χ0v) is 8.09. The number of nitrogens with zero attached hydrogens (tertiary/aromatic N) is 3.